The first-order valence-corrected chi connectivity index (χ1v) is 8.64. The number of nitrogens with one attached hydrogen (secondary N) is 3. The van der Waals surface area contributed by atoms with Crippen LogP contribution >= 0.6 is 12.2 Å². The molecule has 0 radical (unpaired) electrons. The summed E-state index contributed by atoms with van der Waals surface area (Å²) in [7, 11) is 1.40. The number of nitro benzene ring substituents is 1. The molecule has 0 aliphatic heterocycles. The maximum absolute atomic E-state index is 12.2. The maximum Gasteiger partial charge on any atom is 0.273 e. The first-order valence-electron chi connectivity index (χ1n) is 8.24. The number of anilines is 1. The van der Waals surface area contributed by atoms with E-state index >= 15 is 0 Å². The van der Waals surface area contributed by atoms with Crippen molar-refractivity contribution in [3.05, 3.63) is 64.2 Å². The van der Waals surface area contributed by atoms with Gasteiger partial charge in [-0.05, 0) is 36.2 Å². The van der Waals surface area contributed by atoms with Crippen molar-refractivity contribution in [2.45, 2.75) is 12.3 Å². The number of hydrazine groups is 1. The number of thiocarbonyl (C=S) groups is 1. The van der Waals surface area contributed by atoms with E-state index in [-0.39, 0.29) is 34.3 Å². The van der Waals surface area contributed by atoms with Crippen molar-refractivity contribution in [3.63, 3.8) is 0 Å². The summed E-state index contributed by atoms with van der Waals surface area (Å²) in [6.45, 7) is 0. The maximum atomic E-state index is 12.2. The number of methoxy groups -OCH3 is 1. The van der Waals surface area contributed by atoms with Gasteiger partial charge in [-0.25, -0.2) is 0 Å². The molecule has 2 aromatic carbocycles. The predicted octanol–water partition coefficient (Wildman–Crippen LogP) is 2.72. The lowest BCUT2D eigenvalue weighted by Crippen LogP contribution is -2.44. The average Bonchev–Trinajstić information content (AvgIpc) is 3.48. The molecule has 0 spiro atoms. The zero-order chi connectivity index (χ0) is 19.4. The van der Waals surface area contributed by atoms with E-state index in [1.165, 1.54) is 25.3 Å². The highest BCUT2D eigenvalue weighted by Gasteiger charge is 2.43. The van der Waals surface area contributed by atoms with Gasteiger partial charge in [-0.1, -0.05) is 30.3 Å². The first-order chi connectivity index (χ1) is 13.0. The number of ether oxygens (including phenoxy) is 1. The highest BCUT2D eigenvalue weighted by molar-refractivity contribution is 7.80. The van der Waals surface area contributed by atoms with Gasteiger partial charge < -0.3 is 10.1 Å². The smallest absolute Gasteiger partial charge is 0.273 e. The fourth-order valence-electron chi connectivity index (χ4n) is 2.81. The van der Waals surface area contributed by atoms with Crippen molar-refractivity contribution in [2.24, 2.45) is 5.92 Å². The molecule has 9 heteroatoms. The summed E-state index contributed by atoms with van der Waals surface area (Å²) in [5.74, 6) is 0.274. The number of rotatable bonds is 5. The molecule has 1 fully saturated rings. The Kier molecular flexibility index (Phi) is 5.51. The lowest BCUT2D eigenvalue weighted by molar-refractivity contribution is -0.384. The van der Waals surface area contributed by atoms with Crippen LogP contribution in [0.5, 0.6) is 5.75 Å². The van der Waals surface area contributed by atoms with Gasteiger partial charge in [0.2, 0.25) is 5.91 Å². The van der Waals surface area contributed by atoms with Crippen LogP contribution in [0, 0.1) is 16.0 Å². The summed E-state index contributed by atoms with van der Waals surface area (Å²) < 4.78 is 5.13. The number of benzene rings is 2. The van der Waals surface area contributed by atoms with Crippen molar-refractivity contribution < 1.29 is 14.5 Å². The molecule has 0 unspecified atom stereocenters. The van der Waals surface area contributed by atoms with E-state index in [4.69, 9.17) is 17.0 Å². The number of nitro groups is 1. The molecule has 1 aliphatic rings. The predicted molar refractivity (Wildman–Crippen MR) is 104 cm³/mol. The van der Waals surface area contributed by atoms with Gasteiger partial charge in [0.25, 0.3) is 5.69 Å². The number of amides is 1. The summed E-state index contributed by atoms with van der Waals surface area (Å²) in [5.41, 5.74) is 6.74. The molecule has 1 aliphatic carbocycles. The summed E-state index contributed by atoms with van der Waals surface area (Å²) in [5, 5.41) is 13.8. The van der Waals surface area contributed by atoms with Crippen LogP contribution in [0.1, 0.15) is 17.9 Å². The normalized spacial score (nSPS) is 17.5. The lowest BCUT2D eigenvalue weighted by atomic mass is 10.1. The molecular formula is C18H18N4O4S. The largest absolute Gasteiger partial charge is 0.494 e. The fraction of sp³-hybridized carbons (Fsp3) is 0.222. The Hall–Kier alpha value is -3.20. The van der Waals surface area contributed by atoms with Gasteiger partial charge in [0.05, 0.1) is 23.8 Å². The molecule has 0 bridgehead atoms. The van der Waals surface area contributed by atoms with Crippen LogP contribution in [0.3, 0.4) is 0 Å². The van der Waals surface area contributed by atoms with E-state index in [0.717, 1.165) is 12.0 Å². The van der Waals surface area contributed by atoms with Crippen LogP contribution in [0.2, 0.25) is 0 Å². The number of carbonyl (C=O) groups is 1. The highest BCUT2D eigenvalue weighted by atomic mass is 32.1. The Labute approximate surface area is 161 Å². The highest BCUT2D eigenvalue weighted by Crippen LogP contribution is 2.47. The molecule has 0 aromatic heterocycles. The number of hydrogen-bond donors (Lipinski definition) is 3. The van der Waals surface area contributed by atoms with Crippen LogP contribution < -0.4 is 20.9 Å². The van der Waals surface area contributed by atoms with Gasteiger partial charge in [-0.15, -0.1) is 0 Å². The first kappa shape index (κ1) is 18.6. The average molecular weight is 386 g/mol. The van der Waals surface area contributed by atoms with Crippen LogP contribution in [0.15, 0.2) is 48.5 Å². The van der Waals surface area contributed by atoms with E-state index in [0.29, 0.717) is 5.69 Å². The van der Waals surface area contributed by atoms with E-state index < -0.39 is 4.92 Å². The van der Waals surface area contributed by atoms with Gasteiger partial charge in [0.15, 0.2) is 5.11 Å². The standard InChI is InChI=1S/C18H18N4O4S/c1-26-16-9-12(22(24)25)7-8-15(16)19-18(27)21-20-17(23)14-10-13(14)11-5-3-2-4-6-11/h2-9,13-14H,10H2,1H3,(H,20,23)(H2,19,21,27)/t13-,14+/m0/s1. The molecule has 8 nitrogen and oxygen atoms in total. The molecule has 2 atom stereocenters. The molecule has 0 saturated heterocycles. The van der Waals surface area contributed by atoms with E-state index in [1.807, 2.05) is 30.3 Å². The molecule has 1 amide bonds. The van der Waals surface area contributed by atoms with Crippen molar-refractivity contribution in [3.8, 4) is 5.75 Å². The second kappa shape index (κ2) is 8.00. The molecule has 3 rings (SSSR count). The summed E-state index contributed by atoms with van der Waals surface area (Å²) in [6.07, 6.45) is 0.799. The third-order valence-electron chi connectivity index (χ3n) is 4.30. The molecule has 27 heavy (non-hydrogen) atoms. The molecule has 0 heterocycles. The SMILES string of the molecule is COc1cc([N+](=O)[O-])ccc1NC(=S)NNC(=O)[C@@H]1C[C@H]1c1ccccc1. The molecular weight excluding hydrogens is 368 g/mol. The minimum Gasteiger partial charge on any atom is -0.494 e. The second-order valence-corrected chi connectivity index (χ2v) is 6.48. The zero-order valence-corrected chi connectivity index (χ0v) is 15.3. The fourth-order valence-corrected chi connectivity index (χ4v) is 2.98. The lowest BCUT2D eigenvalue weighted by Gasteiger charge is -2.14. The van der Waals surface area contributed by atoms with Gasteiger partial charge in [0, 0.05) is 12.0 Å². The third-order valence-corrected chi connectivity index (χ3v) is 4.50. The van der Waals surface area contributed by atoms with Gasteiger partial charge in [-0.2, -0.15) is 0 Å². The number of nitrogens with zero attached hydrogens (tertiary/aromatic N) is 1. The van der Waals surface area contributed by atoms with Crippen LogP contribution in [-0.2, 0) is 4.79 Å². The zero-order valence-electron chi connectivity index (χ0n) is 14.5. The molecule has 2 aromatic rings. The van der Waals surface area contributed by atoms with Crippen molar-refractivity contribution in [1.29, 1.82) is 0 Å². The van der Waals surface area contributed by atoms with Gasteiger partial charge in [-0.3, -0.25) is 25.8 Å². The monoisotopic (exact) mass is 386 g/mol. The van der Waals surface area contributed by atoms with Gasteiger partial charge in [0.1, 0.15) is 5.75 Å². The minimum absolute atomic E-state index is 0.0865. The number of non-ortho nitro benzene ring substituents is 1. The summed E-state index contributed by atoms with van der Waals surface area (Å²) >= 11 is 5.15. The quantitative estimate of drug-likeness (QED) is 0.412. The Balaban J connectivity index is 1.52. The topological polar surface area (TPSA) is 106 Å². The Morgan fingerprint density at radius 1 is 1.22 bits per heavy atom. The van der Waals surface area contributed by atoms with Crippen LogP contribution in [-0.4, -0.2) is 23.1 Å². The van der Waals surface area contributed by atoms with Crippen molar-refractivity contribution in [2.75, 3.05) is 12.4 Å². The Morgan fingerprint density at radius 2 is 1.96 bits per heavy atom. The Morgan fingerprint density at radius 3 is 2.63 bits per heavy atom. The van der Waals surface area contributed by atoms with E-state index in [2.05, 4.69) is 16.2 Å². The van der Waals surface area contributed by atoms with Crippen molar-refractivity contribution in [1.82, 2.24) is 10.9 Å². The van der Waals surface area contributed by atoms with E-state index in [9.17, 15) is 14.9 Å². The van der Waals surface area contributed by atoms with Crippen LogP contribution in [0.4, 0.5) is 11.4 Å². The van der Waals surface area contributed by atoms with Gasteiger partial charge >= 0.3 is 0 Å². The molecule has 3 N–H and O–H groups in total. The minimum atomic E-state index is -0.512. The van der Waals surface area contributed by atoms with E-state index in [1.54, 1.807) is 0 Å². The molecule has 140 valence electrons. The number of carbonyl (C=O) groups excluding carboxylic acids is 1. The second-order valence-electron chi connectivity index (χ2n) is 6.07. The number of hydrogen-bond acceptors (Lipinski definition) is 5. The molecule has 1 saturated carbocycles. The van der Waals surface area contributed by atoms with Crippen molar-refractivity contribution >= 4 is 34.6 Å². The van der Waals surface area contributed by atoms with Crippen LogP contribution in [0.25, 0.3) is 0 Å². The summed E-state index contributed by atoms with van der Waals surface area (Å²) in [6, 6.07) is 14.0. The third kappa shape index (κ3) is 4.50. The Bertz CT molecular complexity index is 875. The summed E-state index contributed by atoms with van der Waals surface area (Å²) in [4.78, 5) is 22.5.